The second kappa shape index (κ2) is 9.94. The monoisotopic (exact) mass is 390 g/mol. The van der Waals surface area contributed by atoms with Crippen molar-refractivity contribution in [2.45, 2.75) is 6.92 Å². The van der Waals surface area contributed by atoms with Crippen LogP contribution in [-0.4, -0.2) is 25.0 Å². The number of carbonyl (C=O) groups excluding carboxylic acids is 2. The lowest BCUT2D eigenvalue weighted by Gasteiger charge is -2.10. The number of nitrogens with one attached hydrogen (secondary N) is 2. The SMILES string of the molecule is CC(=O)Nc1ccc(NC(=O)c2cccc(OCCOc3ccccc3)c2)cc1. The predicted molar refractivity (Wildman–Crippen MR) is 113 cm³/mol. The summed E-state index contributed by atoms with van der Waals surface area (Å²) in [6.07, 6.45) is 0. The van der Waals surface area contributed by atoms with E-state index < -0.39 is 0 Å². The van der Waals surface area contributed by atoms with Crippen LogP contribution in [0.3, 0.4) is 0 Å². The van der Waals surface area contributed by atoms with Gasteiger partial charge >= 0.3 is 0 Å². The molecule has 0 unspecified atom stereocenters. The number of hydrogen-bond donors (Lipinski definition) is 2. The third-order valence-corrected chi connectivity index (χ3v) is 3.92. The van der Waals surface area contributed by atoms with Crippen LogP contribution in [0, 0.1) is 0 Å². The van der Waals surface area contributed by atoms with Gasteiger partial charge in [-0.3, -0.25) is 9.59 Å². The molecule has 0 saturated heterocycles. The summed E-state index contributed by atoms with van der Waals surface area (Å²) in [7, 11) is 0. The number of carbonyl (C=O) groups is 2. The van der Waals surface area contributed by atoms with Crippen LogP contribution in [0.25, 0.3) is 0 Å². The smallest absolute Gasteiger partial charge is 0.255 e. The van der Waals surface area contributed by atoms with Gasteiger partial charge in [0, 0.05) is 23.9 Å². The number of amides is 2. The zero-order valence-corrected chi connectivity index (χ0v) is 16.1. The number of rotatable bonds is 8. The first-order valence-electron chi connectivity index (χ1n) is 9.20. The molecular weight excluding hydrogens is 368 g/mol. The molecule has 0 aromatic heterocycles. The minimum Gasteiger partial charge on any atom is -0.490 e. The van der Waals surface area contributed by atoms with Crippen molar-refractivity contribution in [1.82, 2.24) is 0 Å². The summed E-state index contributed by atoms with van der Waals surface area (Å²) in [5, 5.41) is 5.50. The van der Waals surface area contributed by atoms with Gasteiger partial charge in [0.05, 0.1) is 0 Å². The van der Waals surface area contributed by atoms with Gasteiger partial charge in [0.25, 0.3) is 5.91 Å². The zero-order chi connectivity index (χ0) is 20.5. The second-order valence-corrected chi connectivity index (χ2v) is 6.25. The average molecular weight is 390 g/mol. The number of anilines is 2. The van der Waals surface area contributed by atoms with E-state index in [1.165, 1.54) is 6.92 Å². The molecule has 0 aliphatic rings. The van der Waals surface area contributed by atoms with Crippen molar-refractivity contribution in [2.24, 2.45) is 0 Å². The fraction of sp³-hybridized carbons (Fsp3) is 0.130. The first-order chi connectivity index (χ1) is 14.1. The normalized spacial score (nSPS) is 10.1. The van der Waals surface area contributed by atoms with Crippen molar-refractivity contribution in [1.29, 1.82) is 0 Å². The van der Waals surface area contributed by atoms with E-state index in [2.05, 4.69) is 10.6 Å². The van der Waals surface area contributed by atoms with E-state index in [-0.39, 0.29) is 11.8 Å². The van der Waals surface area contributed by atoms with Gasteiger partial charge in [-0.25, -0.2) is 0 Å². The van der Waals surface area contributed by atoms with E-state index in [0.717, 1.165) is 5.75 Å². The Morgan fingerprint density at radius 1 is 0.724 bits per heavy atom. The molecule has 0 fully saturated rings. The second-order valence-electron chi connectivity index (χ2n) is 6.25. The lowest BCUT2D eigenvalue weighted by molar-refractivity contribution is -0.114. The average Bonchev–Trinajstić information content (AvgIpc) is 2.73. The first-order valence-corrected chi connectivity index (χ1v) is 9.20. The maximum Gasteiger partial charge on any atom is 0.255 e. The lowest BCUT2D eigenvalue weighted by atomic mass is 10.2. The quantitative estimate of drug-likeness (QED) is 0.561. The molecule has 0 radical (unpaired) electrons. The Morgan fingerprint density at radius 2 is 1.31 bits per heavy atom. The molecule has 2 amide bonds. The maximum atomic E-state index is 12.5. The largest absolute Gasteiger partial charge is 0.490 e. The molecule has 148 valence electrons. The lowest BCUT2D eigenvalue weighted by Crippen LogP contribution is -2.13. The van der Waals surface area contributed by atoms with Crippen LogP contribution >= 0.6 is 0 Å². The van der Waals surface area contributed by atoms with Crippen molar-refractivity contribution in [3.8, 4) is 11.5 Å². The van der Waals surface area contributed by atoms with E-state index in [0.29, 0.717) is 35.9 Å². The highest BCUT2D eigenvalue weighted by Crippen LogP contribution is 2.17. The fourth-order valence-corrected chi connectivity index (χ4v) is 2.61. The highest BCUT2D eigenvalue weighted by molar-refractivity contribution is 6.04. The molecule has 0 aliphatic carbocycles. The fourth-order valence-electron chi connectivity index (χ4n) is 2.61. The topological polar surface area (TPSA) is 76.7 Å². The molecule has 0 aliphatic heterocycles. The Balaban J connectivity index is 1.51. The van der Waals surface area contributed by atoms with Gasteiger partial charge in [0.15, 0.2) is 0 Å². The Morgan fingerprint density at radius 3 is 1.97 bits per heavy atom. The highest BCUT2D eigenvalue weighted by atomic mass is 16.5. The van der Waals surface area contributed by atoms with Crippen LogP contribution in [0.5, 0.6) is 11.5 Å². The van der Waals surface area contributed by atoms with Crippen molar-refractivity contribution in [3.05, 3.63) is 84.4 Å². The first kappa shape index (κ1) is 19.9. The Kier molecular flexibility index (Phi) is 6.84. The van der Waals surface area contributed by atoms with Crippen molar-refractivity contribution in [3.63, 3.8) is 0 Å². The zero-order valence-electron chi connectivity index (χ0n) is 16.1. The molecule has 0 heterocycles. The van der Waals surface area contributed by atoms with Crippen LogP contribution in [0.1, 0.15) is 17.3 Å². The molecule has 0 bridgehead atoms. The minimum absolute atomic E-state index is 0.146. The molecule has 0 spiro atoms. The number of benzene rings is 3. The summed E-state index contributed by atoms with van der Waals surface area (Å²) in [4.78, 5) is 23.5. The third kappa shape index (κ3) is 6.39. The molecule has 0 atom stereocenters. The van der Waals surface area contributed by atoms with Crippen molar-refractivity contribution >= 4 is 23.2 Å². The molecule has 3 rings (SSSR count). The van der Waals surface area contributed by atoms with Gasteiger partial charge < -0.3 is 20.1 Å². The Labute approximate surface area is 169 Å². The summed E-state index contributed by atoms with van der Waals surface area (Å²) < 4.78 is 11.3. The van der Waals surface area contributed by atoms with Gasteiger partial charge in [0.1, 0.15) is 24.7 Å². The maximum absolute atomic E-state index is 12.5. The van der Waals surface area contributed by atoms with Crippen LogP contribution in [0.4, 0.5) is 11.4 Å². The van der Waals surface area contributed by atoms with Crippen LogP contribution < -0.4 is 20.1 Å². The summed E-state index contributed by atoms with van der Waals surface area (Å²) in [6, 6.07) is 23.4. The standard InChI is InChI=1S/C23H22N2O4/c1-17(26)24-19-10-12-20(13-11-19)25-23(27)18-6-5-9-22(16-18)29-15-14-28-21-7-3-2-4-8-21/h2-13,16H,14-15H2,1H3,(H,24,26)(H,25,27). The Bertz CT molecular complexity index is 956. The summed E-state index contributed by atoms with van der Waals surface area (Å²) in [6.45, 7) is 2.21. The third-order valence-electron chi connectivity index (χ3n) is 3.92. The molecular formula is C23H22N2O4. The van der Waals surface area contributed by atoms with E-state index in [1.54, 1.807) is 48.5 Å². The van der Waals surface area contributed by atoms with Gasteiger partial charge in [-0.15, -0.1) is 0 Å². The minimum atomic E-state index is -0.247. The van der Waals surface area contributed by atoms with Crippen molar-refractivity contribution < 1.29 is 19.1 Å². The number of hydrogen-bond acceptors (Lipinski definition) is 4. The highest BCUT2D eigenvalue weighted by Gasteiger charge is 2.08. The van der Waals surface area contributed by atoms with E-state index >= 15 is 0 Å². The van der Waals surface area contributed by atoms with E-state index in [1.807, 2.05) is 30.3 Å². The predicted octanol–water partition coefficient (Wildman–Crippen LogP) is 4.36. The molecule has 0 saturated carbocycles. The molecule has 2 N–H and O–H groups in total. The van der Waals surface area contributed by atoms with E-state index in [4.69, 9.17) is 9.47 Å². The summed E-state index contributed by atoms with van der Waals surface area (Å²) in [5.74, 6) is 0.986. The van der Waals surface area contributed by atoms with Gasteiger partial charge in [0.2, 0.25) is 5.91 Å². The summed E-state index contributed by atoms with van der Waals surface area (Å²) in [5.41, 5.74) is 1.78. The van der Waals surface area contributed by atoms with Crippen LogP contribution in [0.15, 0.2) is 78.9 Å². The molecule has 3 aromatic rings. The van der Waals surface area contributed by atoms with Gasteiger partial charge in [-0.05, 0) is 54.6 Å². The number of para-hydroxylation sites is 1. The molecule has 29 heavy (non-hydrogen) atoms. The van der Waals surface area contributed by atoms with Crippen LogP contribution in [0.2, 0.25) is 0 Å². The molecule has 3 aromatic carbocycles. The number of ether oxygens (including phenoxy) is 2. The van der Waals surface area contributed by atoms with Gasteiger partial charge in [-0.1, -0.05) is 24.3 Å². The summed E-state index contributed by atoms with van der Waals surface area (Å²) >= 11 is 0. The molecule has 6 heteroatoms. The molecule has 6 nitrogen and oxygen atoms in total. The van der Waals surface area contributed by atoms with Gasteiger partial charge in [-0.2, -0.15) is 0 Å². The van der Waals surface area contributed by atoms with Crippen molar-refractivity contribution in [2.75, 3.05) is 23.8 Å². The van der Waals surface area contributed by atoms with Crippen LogP contribution in [-0.2, 0) is 4.79 Å². The Hall–Kier alpha value is -3.80. The van der Waals surface area contributed by atoms with E-state index in [9.17, 15) is 9.59 Å².